The second kappa shape index (κ2) is 6.48. The molecule has 0 bridgehead atoms. The lowest BCUT2D eigenvalue weighted by Crippen LogP contribution is -2.31. The minimum atomic E-state index is -0.268. The van der Waals surface area contributed by atoms with Crippen molar-refractivity contribution in [2.45, 2.75) is 0 Å². The van der Waals surface area contributed by atoms with Crippen LogP contribution >= 0.6 is 39.1 Å². The summed E-state index contributed by atoms with van der Waals surface area (Å²) in [6.07, 6.45) is 0. The summed E-state index contributed by atoms with van der Waals surface area (Å²) in [5.74, 6) is 0. The average Bonchev–Trinajstić information content (AvgIpc) is 2.42. The summed E-state index contributed by atoms with van der Waals surface area (Å²) < 4.78 is 0.840. The molecule has 0 aliphatic rings. The fourth-order valence-corrected chi connectivity index (χ4v) is 2.46. The molecule has 0 spiro atoms. The highest BCUT2D eigenvalue weighted by Crippen LogP contribution is 2.27. The molecule has 0 radical (unpaired) electrons. The number of para-hydroxylation sites is 1. The van der Waals surface area contributed by atoms with Crippen molar-refractivity contribution >= 4 is 56.5 Å². The second-order valence-corrected chi connectivity index (χ2v) is 5.74. The van der Waals surface area contributed by atoms with Crippen LogP contribution in [0.4, 0.5) is 16.2 Å². The first-order chi connectivity index (χ1) is 9.49. The number of nitrogens with zero attached hydrogens (tertiary/aromatic N) is 1. The maximum Gasteiger partial charge on any atom is 0.326 e. The van der Waals surface area contributed by atoms with E-state index in [9.17, 15) is 4.79 Å². The standard InChI is InChI=1S/C14H11BrCl2N2O/c1-19(13-5-3-2-4-10(13)15)14(20)18-9-6-7-11(16)12(17)8-9/h2-8H,1H3,(H,18,20). The largest absolute Gasteiger partial charge is 0.326 e. The van der Waals surface area contributed by atoms with Crippen LogP contribution in [0.1, 0.15) is 0 Å². The molecule has 0 atom stereocenters. The van der Waals surface area contributed by atoms with Crippen LogP contribution in [0.15, 0.2) is 46.9 Å². The van der Waals surface area contributed by atoms with Crippen LogP contribution in [-0.2, 0) is 0 Å². The van der Waals surface area contributed by atoms with E-state index in [4.69, 9.17) is 23.2 Å². The fourth-order valence-electron chi connectivity index (χ4n) is 1.61. The summed E-state index contributed by atoms with van der Waals surface area (Å²) in [6.45, 7) is 0. The van der Waals surface area contributed by atoms with Crippen LogP contribution in [0.2, 0.25) is 10.0 Å². The topological polar surface area (TPSA) is 32.3 Å². The number of nitrogens with one attached hydrogen (secondary N) is 1. The van der Waals surface area contributed by atoms with Crippen molar-refractivity contribution < 1.29 is 4.79 Å². The Labute approximate surface area is 135 Å². The van der Waals surface area contributed by atoms with Gasteiger partial charge in [-0.25, -0.2) is 4.79 Å². The lowest BCUT2D eigenvalue weighted by molar-refractivity contribution is 0.258. The first kappa shape index (κ1) is 15.2. The van der Waals surface area contributed by atoms with Crippen LogP contribution in [0.5, 0.6) is 0 Å². The van der Waals surface area contributed by atoms with Crippen LogP contribution in [0.25, 0.3) is 0 Å². The number of carbonyl (C=O) groups excluding carboxylic acids is 1. The van der Waals surface area contributed by atoms with Gasteiger partial charge in [-0.2, -0.15) is 0 Å². The van der Waals surface area contributed by atoms with Gasteiger partial charge in [0.2, 0.25) is 0 Å². The van der Waals surface area contributed by atoms with Crippen molar-refractivity contribution in [1.29, 1.82) is 0 Å². The Morgan fingerprint density at radius 2 is 1.85 bits per heavy atom. The Morgan fingerprint density at radius 3 is 2.50 bits per heavy atom. The molecular weight excluding hydrogens is 363 g/mol. The van der Waals surface area contributed by atoms with E-state index < -0.39 is 0 Å². The lowest BCUT2D eigenvalue weighted by atomic mass is 10.3. The van der Waals surface area contributed by atoms with E-state index in [-0.39, 0.29) is 6.03 Å². The van der Waals surface area contributed by atoms with Gasteiger partial charge in [0.05, 0.1) is 15.7 Å². The molecule has 0 heterocycles. The van der Waals surface area contributed by atoms with E-state index in [1.807, 2.05) is 24.3 Å². The monoisotopic (exact) mass is 372 g/mol. The quantitative estimate of drug-likeness (QED) is 0.748. The number of hydrogen-bond acceptors (Lipinski definition) is 1. The Hall–Kier alpha value is -1.23. The van der Waals surface area contributed by atoms with Crippen molar-refractivity contribution in [2.75, 3.05) is 17.3 Å². The SMILES string of the molecule is CN(C(=O)Nc1ccc(Cl)c(Cl)c1)c1ccccc1Br. The van der Waals surface area contributed by atoms with E-state index in [0.29, 0.717) is 15.7 Å². The third-order valence-electron chi connectivity index (χ3n) is 2.69. The molecule has 1 N–H and O–H groups in total. The smallest absolute Gasteiger partial charge is 0.307 e. The Morgan fingerprint density at radius 1 is 1.15 bits per heavy atom. The number of hydrogen-bond donors (Lipinski definition) is 1. The van der Waals surface area contributed by atoms with Gasteiger partial charge in [0.15, 0.2) is 0 Å². The van der Waals surface area contributed by atoms with Crippen LogP contribution in [0.3, 0.4) is 0 Å². The highest BCUT2D eigenvalue weighted by molar-refractivity contribution is 9.10. The number of urea groups is 1. The molecule has 0 aromatic heterocycles. The number of benzene rings is 2. The summed E-state index contributed by atoms with van der Waals surface area (Å²) in [5, 5.41) is 3.60. The average molecular weight is 374 g/mol. The highest BCUT2D eigenvalue weighted by atomic mass is 79.9. The molecular formula is C14H11BrCl2N2O. The summed E-state index contributed by atoms with van der Waals surface area (Å²) >= 11 is 15.2. The molecule has 2 rings (SSSR count). The molecule has 2 aromatic carbocycles. The van der Waals surface area contributed by atoms with Gasteiger partial charge < -0.3 is 5.32 Å². The van der Waals surface area contributed by atoms with Crippen LogP contribution in [0, 0.1) is 0 Å². The van der Waals surface area contributed by atoms with Gasteiger partial charge in [-0.15, -0.1) is 0 Å². The van der Waals surface area contributed by atoms with Gasteiger partial charge in [0, 0.05) is 17.2 Å². The third kappa shape index (κ3) is 3.45. The maximum atomic E-state index is 12.2. The minimum absolute atomic E-state index is 0.268. The lowest BCUT2D eigenvalue weighted by Gasteiger charge is -2.19. The Kier molecular flexibility index (Phi) is 4.91. The number of amides is 2. The molecule has 0 unspecified atom stereocenters. The minimum Gasteiger partial charge on any atom is -0.307 e. The van der Waals surface area contributed by atoms with Crippen LogP contribution in [-0.4, -0.2) is 13.1 Å². The number of rotatable bonds is 2. The predicted octanol–water partition coefficient (Wildman–Crippen LogP) is 5.42. The van der Waals surface area contributed by atoms with E-state index in [1.54, 1.807) is 25.2 Å². The van der Waals surface area contributed by atoms with Gasteiger partial charge in [0.25, 0.3) is 0 Å². The first-order valence-electron chi connectivity index (χ1n) is 5.73. The summed E-state index contributed by atoms with van der Waals surface area (Å²) in [5.41, 5.74) is 1.35. The molecule has 0 aliphatic heterocycles. The van der Waals surface area contributed by atoms with Gasteiger partial charge in [-0.1, -0.05) is 35.3 Å². The van der Waals surface area contributed by atoms with Gasteiger partial charge in [-0.3, -0.25) is 4.90 Å². The normalized spacial score (nSPS) is 10.2. The predicted molar refractivity (Wildman–Crippen MR) is 88.0 cm³/mol. The second-order valence-electron chi connectivity index (χ2n) is 4.07. The van der Waals surface area contributed by atoms with Crippen molar-refractivity contribution in [2.24, 2.45) is 0 Å². The molecule has 104 valence electrons. The number of carbonyl (C=O) groups is 1. The summed E-state index contributed by atoms with van der Waals surface area (Å²) in [6, 6.07) is 12.1. The fraction of sp³-hybridized carbons (Fsp3) is 0.0714. The van der Waals surface area contributed by atoms with Gasteiger partial charge >= 0.3 is 6.03 Å². The Bertz CT molecular complexity index is 649. The van der Waals surface area contributed by atoms with Crippen molar-refractivity contribution in [3.63, 3.8) is 0 Å². The molecule has 20 heavy (non-hydrogen) atoms. The molecule has 0 aliphatic carbocycles. The third-order valence-corrected chi connectivity index (χ3v) is 4.10. The van der Waals surface area contributed by atoms with E-state index in [1.165, 1.54) is 4.90 Å². The van der Waals surface area contributed by atoms with E-state index in [0.717, 1.165) is 10.2 Å². The zero-order valence-electron chi connectivity index (χ0n) is 10.5. The zero-order chi connectivity index (χ0) is 14.7. The van der Waals surface area contributed by atoms with Crippen molar-refractivity contribution in [3.8, 4) is 0 Å². The van der Waals surface area contributed by atoms with Crippen molar-refractivity contribution in [3.05, 3.63) is 57.0 Å². The number of anilines is 2. The highest BCUT2D eigenvalue weighted by Gasteiger charge is 2.13. The summed E-state index contributed by atoms with van der Waals surface area (Å²) in [7, 11) is 1.69. The van der Waals surface area contributed by atoms with Crippen molar-refractivity contribution in [1.82, 2.24) is 0 Å². The van der Waals surface area contributed by atoms with E-state index >= 15 is 0 Å². The van der Waals surface area contributed by atoms with Gasteiger partial charge in [-0.05, 0) is 46.3 Å². The first-order valence-corrected chi connectivity index (χ1v) is 7.28. The van der Waals surface area contributed by atoms with Crippen LogP contribution < -0.4 is 10.2 Å². The molecule has 6 heteroatoms. The maximum absolute atomic E-state index is 12.2. The van der Waals surface area contributed by atoms with E-state index in [2.05, 4.69) is 21.2 Å². The molecule has 2 aromatic rings. The van der Waals surface area contributed by atoms with Gasteiger partial charge in [0.1, 0.15) is 0 Å². The zero-order valence-corrected chi connectivity index (χ0v) is 13.6. The molecule has 0 saturated carbocycles. The Balaban J connectivity index is 2.15. The molecule has 0 fully saturated rings. The molecule has 0 saturated heterocycles. The summed E-state index contributed by atoms with van der Waals surface area (Å²) in [4.78, 5) is 13.7. The molecule has 2 amide bonds. The number of halogens is 3. The molecule has 3 nitrogen and oxygen atoms in total.